The summed E-state index contributed by atoms with van der Waals surface area (Å²) in [6.07, 6.45) is -1.05. The van der Waals surface area contributed by atoms with Gasteiger partial charge in [0.25, 0.3) is 0 Å². The number of rotatable bonds is 26. The van der Waals surface area contributed by atoms with Gasteiger partial charge in [0, 0.05) is 52.9 Å². The van der Waals surface area contributed by atoms with Crippen LogP contribution in [0.3, 0.4) is 0 Å². The molecule has 2 amide bonds. The molecule has 16 heteroatoms. The van der Waals surface area contributed by atoms with Crippen LogP contribution < -0.4 is 33.8 Å². The lowest BCUT2D eigenvalue weighted by atomic mass is 10.1. The Balaban J connectivity index is 1.10. The number of nitrogens with zero attached hydrogens (tertiary/aromatic N) is 3. The molecular formula is C48H58N4O12. The van der Waals surface area contributed by atoms with Gasteiger partial charge in [0.15, 0.2) is 20.4 Å². The SMILES string of the molecule is COc1ccc(CN(Cc2ccc(OC)cc2)C(=O)OCCOCOc2cc(CNN(C)C)cc(OCOCOC(=O)N(Cc3ccc(OC)cc3)Cc3ccc(OC)cc3)c2)cc1. The fourth-order valence-electron chi connectivity index (χ4n) is 6.10. The van der Waals surface area contributed by atoms with Gasteiger partial charge in [-0.25, -0.2) is 9.59 Å². The lowest BCUT2D eigenvalue weighted by Crippen LogP contribution is -2.31. The highest BCUT2D eigenvalue weighted by atomic mass is 16.7. The largest absolute Gasteiger partial charge is 0.497 e. The maximum atomic E-state index is 13.3. The summed E-state index contributed by atoms with van der Waals surface area (Å²) in [5.41, 5.74) is 7.73. The fourth-order valence-corrected chi connectivity index (χ4v) is 6.10. The number of hydrogen-bond donors (Lipinski definition) is 1. The number of methoxy groups -OCH3 is 4. The van der Waals surface area contributed by atoms with Crippen LogP contribution in [-0.2, 0) is 51.7 Å². The first-order valence-electron chi connectivity index (χ1n) is 20.5. The van der Waals surface area contributed by atoms with Gasteiger partial charge in [0.05, 0.1) is 35.0 Å². The van der Waals surface area contributed by atoms with Crippen LogP contribution in [0, 0.1) is 0 Å². The molecule has 16 nitrogen and oxygen atoms in total. The summed E-state index contributed by atoms with van der Waals surface area (Å²) >= 11 is 0. The molecule has 0 saturated carbocycles. The Kier molecular flexibility index (Phi) is 19.7. The highest BCUT2D eigenvalue weighted by Gasteiger charge is 2.19. The molecule has 1 N–H and O–H groups in total. The molecule has 0 spiro atoms. The van der Waals surface area contributed by atoms with Gasteiger partial charge in [-0.2, -0.15) is 0 Å². The molecule has 0 radical (unpaired) electrons. The lowest BCUT2D eigenvalue weighted by molar-refractivity contribution is -0.0781. The molecule has 0 saturated heterocycles. The molecule has 0 bridgehead atoms. The van der Waals surface area contributed by atoms with E-state index in [0.717, 1.165) is 50.8 Å². The summed E-state index contributed by atoms with van der Waals surface area (Å²) in [4.78, 5) is 29.8. The first-order chi connectivity index (χ1) is 31.1. The second kappa shape index (κ2) is 26.0. The minimum absolute atomic E-state index is 0.00765. The van der Waals surface area contributed by atoms with Crippen LogP contribution in [0.1, 0.15) is 27.8 Å². The Bertz CT molecular complexity index is 2040. The Morgan fingerprint density at radius 2 is 0.812 bits per heavy atom. The molecule has 0 aliphatic rings. The summed E-state index contributed by atoms with van der Waals surface area (Å²) in [5, 5.41) is 1.83. The second-order valence-corrected chi connectivity index (χ2v) is 14.4. The van der Waals surface area contributed by atoms with Crippen LogP contribution in [0.15, 0.2) is 115 Å². The van der Waals surface area contributed by atoms with Crippen LogP contribution in [0.25, 0.3) is 0 Å². The van der Waals surface area contributed by atoms with Crippen molar-refractivity contribution in [3.8, 4) is 34.5 Å². The molecule has 0 atom stereocenters. The molecule has 0 unspecified atom stereocenters. The zero-order chi connectivity index (χ0) is 45.5. The van der Waals surface area contributed by atoms with E-state index in [1.54, 1.807) is 44.3 Å². The van der Waals surface area contributed by atoms with Crippen molar-refractivity contribution in [3.63, 3.8) is 0 Å². The maximum Gasteiger partial charge on any atom is 0.412 e. The van der Waals surface area contributed by atoms with Crippen molar-refractivity contribution in [2.24, 2.45) is 0 Å². The van der Waals surface area contributed by atoms with Crippen LogP contribution in [0.2, 0.25) is 0 Å². The Morgan fingerprint density at radius 1 is 0.438 bits per heavy atom. The van der Waals surface area contributed by atoms with Crippen molar-refractivity contribution in [1.29, 1.82) is 0 Å². The predicted octanol–water partition coefficient (Wildman–Crippen LogP) is 7.63. The Hall–Kier alpha value is -6.72. The summed E-state index contributed by atoms with van der Waals surface area (Å²) in [7, 11) is 10.2. The fraction of sp³-hybridized carbons (Fsp3) is 0.333. The first kappa shape index (κ1) is 48.3. The smallest absolute Gasteiger partial charge is 0.412 e. The standard InChI is InChI=1S/C48H58N4O12/c1-50(2)49-28-40-25-45(62-33-59-23-24-61-47(53)51(29-36-7-15-41(55-3)16-8-36)30-37-9-17-42(56-4)18-10-37)27-46(26-40)63-34-60-35-64-48(54)52(31-38-11-19-43(57-5)20-12-38)32-39-13-21-44(58-6)22-14-39/h7-22,25-27,49H,23-24,28-35H2,1-6H3. The molecule has 5 aromatic rings. The Morgan fingerprint density at radius 3 is 1.19 bits per heavy atom. The molecule has 0 fully saturated rings. The average molecular weight is 883 g/mol. The number of carbonyl (C=O) groups is 2. The van der Waals surface area contributed by atoms with Crippen molar-refractivity contribution in [3.05, 3.63) is 143 Å². The molecule has 5 aromatic carbocycles. The third kappa shape index (κ3) is 16.5. The van der Waals surface area contributed by atoms with Crippen LogP contribution in [0.5, 0.6) is 34.5 Å². The van der Waals surface area contributed by atoms with Crippen molar-refractivity contribution in [1.82, 2.24) is 20.2 Å². The second-order valence-electron chi connectivity index (χ2n) is 14.4. The van der Waals surface area contributed by atoms with E-state index in [1.807, 2.05) is 128 Å². The highest BCUT2D eigenvalue weighted by molar-refractivity contribution is 5.68. The molecule has 0 heterocycles. The normalized spacial score (nSPS) is 10.8. The van der Waals surface area contributed by atoms with Gasteiger partial charge in [-0.15, -0.1) is 0 Å². The van der Waals surface area contributed by atoms with Gasteiger partial charge >= 0.3 is 12.2 Å². The predicted molar refractivity (Wildman–Crippen MR) is 238 cm³/mol. The monoisotopic (exact) mass is 882 g/mol. The molecule has 64 heavy (non-hydrogen) atoms. The van der Waals surface area contributed by atoms with Gasteiger partial charge in [0.1, 0.15) is 41.1 Å². The minimum Gasteiger partial charge on any atom is -0.497 e. The van der Waals surface area contributed by atoms with E-state index in [-0.39, 0.29) is 33.6 Å². The summed E-state index contributed by atoms with van der Waals surface area (Å²) in [5.74, 6) is 3.83. The zero-order valence-electron chi connectivity index (χ0n) is 37.3. The highest BCUT2D eigenvalue weighted by Crippen LogP contribution is 2.24. The van der Waals surface area contributed by atoms with Gasteiger partial charge in [-0.1, -0.05) is 48.5 Å². The van der Waals surface area contributed by atoms with E-state index in [9.17, 15) is 9.59 Å². The van der Waals surface area contributed by atoms with Crippen molar-refractivity contribution in [2.45, 2.75) is 32.7 Å². The zero-order valence-corrected chi connectivity index (χ0v) is 37.3. The molecule has 0 aliphatic heterocycles. The number of carbonyl (C=O) groups excluding carboxylic acids is 2. The molecule has 0 aliphatic carbocycles. The van der Waals surface area contributed by atoms with E-state index in [4.69, 9.17) is 47.4 Å². The van der Waals surface area contributed by atoms with E-state index >= 15 is 0 Å². The average Bonchev–Trinajstić information content (AvgIpc) is 3.32. The number of nitrogens with one attached hydrogen (secondary N) is 1. The number of amides is 2. The number of ether oxygens (including phenoxy) is 10. The van der Waals surface area contributed by atoms with Gasteiger partial charge < -0.3 is 47.4 Å². The summed E-state index contributed by atoms with van der Waals surface area (Å²) < 4.78 is 55.3. The minimum atomic E-state index is -0.562. The molecule has 342 valence electrons. The van der Waals surface area contributed by atoms with Crippen molar-refractivity contribution in [2.75, 3.05) is 76.1 Å². The van der Waals surface area contributed by atoms with E-state index in [1.165, 1.54) is 0 Å². The first-order valence-corrected chi connectivity index (χ1v) is 20.5. The van der Waals surface area contributed by atoms with E-state index < -0.39 is 12.2 Å². The topological polar surface area (TPSA) is 148 Å². The number of benzene rings is 5. The number of hydrogen-bond acceptors (Lipinski definition) is 14. The van der Waals surface area contributed by atoms with Gasteiger partial charge in [-0.3, -0.25) is 20.2 Å². The summed E-state index contributed by atoms with van der Waals surface area (Å²) in [6.45, 7) is 1.18. The molecule has 5 rings (SSSR count). The third-order valence-corrected chi connectivity index (χ3v) is 9.52. The quantitative estimate of drug-likeness (QED) is 0.0330. The molecule has 0 aromatic heterocycles. The number of hydrazine groups is 1. The Labute approximate surface area is 374 Å². The van der Waals surface area contributed by atoms with Crippen LogP contribution in [-0.4, -0.2) is 103 Å². The van der Waals surface area contributed by atoms with E-state index in [2.05, 4.69) is 5.43 Å². The van der Waals surface area contributed by atoms with Gasteiger partial charge in [-0.05, 0) is 88.5 Å². The van der Waals surface area contributed by atoms with Crippen LogP contribution in [0.4, 0.5) is 9.59 Å². The third-order valence-electron chi connectivity index (χ3n) is 9.52. The lowest BCUT2D eigenvalue weighted by Gasteiger charge is -2.23. The maximum absolute atomic E-state index is 13.3. The van der Waals surface area contributed by atoms with Crippen molar-refractivity contribution >= 4 is 12.2 Å². The molecular weight excluding hydrogens is 825 g/mol. The summed E-state index contributed by atoms with van der Waals surface area (Å²) in [6, 6.07) is 35.4. The van der Waals surface area contributed by atoms with Crippen molar-refractivity contribution < 1.29 is 57.0 Å². The van der Waals surface area contributed by atoms with Gasteiger partial charge in [0.2, 0.25) is 0 Å². The van der Waals surface area contributed by atoms with Crippen LogP contribution >= 0.6 is 0 Å². The van der Waals surface area contributed by atoms with E-state index in [0.29, 0.717) is 44.2 Å².